The maximum absolute atomic E-state index is 12.7. The molecule has 1 unspecified atom stereocenters. The summed E-state index contributed by atoms with van der Waals surface area (Å²) in [6, 6.07) is 7.95. The van der Waals surface area contributed by atoms with Crippen molar-refractivity contribution in [1.29, 1.82) is 0 Å². The Morgan fingerprint density at radius 3 is 2.74 bits per heavy atom. The minimum Gasteiger partial charge on any atom is -0.484 e. The van der Waals surface area contributed by atoms with Gasteiger partial charge in [0, 0.05) is 17.9 Å². The van der Waals surface area contributed by atoms with Crippen LogP contribution in [0.4, 0.5) is 0 Å². The molecule has 0 saturated carbocycles. The number of para-hydroxylation sites is 1. The van der Waals surface area contributed by atoms with Gasteiger partial charge < -0.3 is 20.3 Å². The molecule has 1 fully saturated rings. The Kier molecular flexibility index (Phi) is 7.60. The summed E-state index contributed by atoms with van der Waals surface area (Å²) in [5, 5.41) is 27.7. The zero-order valence-corrected chi connectivity index (χ0v) is 19.8. The molecule has 1 aromatic carbocycles. The standard InChI is InChI=1S/C21H21N5O7S2/c27-14(8-33-12-4-2-1-3-5-12)23-16-18(30)26-17(20(31)32)11(9-34-19(16)26)10-35-21-22-13(24-25-21)6-7-15(28)29/h1-5,16,19H,6-10H2,(H,23,27)(H,28,29)(H,31,32)(H,22,24,25)/t16?,19-/m1/s1. The van der Waals surface area contributed by atoms with E-state index in [-0.39, 0.29) is 30.9 Å². The number of aromatic amines is 1. The van der Waals surface area contributed by atoms with Gasteiger partial charge in [0.25, 0.3) is 11.8 Å². The van der Waals surface area contributed by atoms with E-state index < -0.39 is 35.2 Å². The highest BCUT2D eigenvalue weighted by molar-refractivity contribution is 8.01. The number of aromatic nitrogens is 3. The van der Waals surface area contributed by atoms with Gasteiger partial charge >= 0.3 is 11.9 Å². The van der Waals surface area contributed by atoms with Crippen LogP contribution in [0.25, 0.3) is 0 Å². The van der Waals surface area contributed by atoms with E-state index in [4.69, 9.17) is 9.84 Å². The fourth-order valence-electron chi connectivity index (χ4n) is 3.51. The Morgan fingerprint density at radius 2 is 2.03 bits per heavy atom. The first-order chi connectivity index (χ1) is 16.8. The number of benzene rings is 1. The van der Waals surface area contributed by atoms with Crippen molar-refractivity contribution in [2.45, 2.75) is 29.4 Å². The van der Waals surface area contributed by atoms with Gasteiger partial charge in [0.1, 0.15) is 28.7 Å². The predicted molar refractivity (Wildman–Crippen MR) is 125 cm³/mol. The molecule has 0 bridgehead atoms. The van der Waals surface area contributed by atoms with Gasteiger partial charge in [-0.1, -0.05) is 30.0 Å². The quantitative estimate of drug-likeness (QED) is 0.243. The largest absolute Gasteiger partial charge is 0.484 e. The third-order valence-corrected chi connectivity index (χ3v) is 7.42. The van der Waals surface area contributed by atoms with Gasteiger partial charge in [-0.15, -0.1) is 16.9 Å². The van der Waals surface area contributed by atoms with Crippen LogP contribution in [0.3, 0.4) is 0 Å². The summed E-state index contributed by atoms with van der Waals surface area (Å²) in [5.74, 6) is -1.60. The smallest absolute Gasteiger partial charge is 0.352 e. The number of ether oxygens (including phenoxy) is 1. The fraction of sp³-hybridized carbons (Fsp3) is 0.333. The summed E-state index contributed by atoms with van der Waals surface area (Å²) >= 11 is 2.55. The summed E-state index contributed by atoms with van der Waals surface area (Å²) < 4.78 is 5.39. The Hall–Kier alpha value is -3.52. The average molecular weight is 520 g/mol. The first kappa shape index (κ1) is 24.6. The maximum atomic E-state index is 12.7. The van der Waals surface area contributed by atoms with Crippen LogP contribution in [0.5, 0.6) is 5.75 Å². The molecule has 4 N–H and O–H groups in total. The number of aliphatic carboxylic acids is 2. The van der Waals surface area contributed by atoms with Gasteiger partial charge in [-0.3, -0.25) is 24.4 Å². The predicted octanol–water partition coefficient (Wildman–Crippen LogP) is 0.732. The summed E-state index contributed by atoms with van der Waals surface area (Å²) in [5.41, 5.74) is 0.435. The Bertz CT molecular complexity index is 1170. The highest BCUT2D eigenvalue weighted by Crippen LogP contribution is 2.41. The van der Waals surface area contributed by atoms with Crippen LogP contribution in [0.1, 0.15) is 12.2 Å². The van der Waals surface area contributed by atoms with E-state index >= 15 is 0 Å². The number of carbonyl (C=O) groups excluding carboxylic acids is 2. The van der Waals surface area contributed by atoms with Gasteiger partial charge in [0.05, 0.1) is 6.42 Å². The fourth-order valence-corrected chi connectivity index (χ4v) is 5.81. The lowest BCUT2D eigenvalue weighted by atomic mass is 10.0. The van der Waals surface area contributed by atoms with Crippen molar-refractivity contribution in [1.82, 2.24) is 25.4 Å². The molecule has 2 amide bonds. The zero-order valence-electron chi connectivity index (χ0n) is 18.2. The second-order valence-electron chi connectivity index (χ2n) is 7.56. The van der Waals surface area contributed by atoms with Crippen LogP contribution in [-0.2, 0) is 25.6 Å². The number of carboxylic acids is 2. The van der Waals surface area contributed by atoms with E-state index in [2.05, 4.69) is 20.5 Å². The van der Waals surface area contributed by atoms with Gasteiger partial charge in [0.15, 0.2) is 6.61 Å². The number of rotatable bonds is 11. The third-order valence-electron chi connectivity index (χ3n) is 5.14. The van der Waals surface area contributed by atoms with Crippen molar-refractivity contribution in [3.8, 4) is 5.75 Å². The lowest BCUT2D eigenvalue weighted by Crippen LogP contribution is -2.70. The molecular formula is C21H21N5O7S2. The Morgan fingerprint density at radius 1 is 1.26 bits per heavy atom. The lowest BCUT2D eigenvalue weighted by molar-refractivity contribution is -0.150. The number of carbonyl (C=O) groups is 4. The molecule has 2 aliphatic rings. The van der Waals surface area contributed by atoms with E-state index in [1.165, 1.54) is 28.4 Å². The number of thioether (sulfide) groups is 2. The molecule has 0 spiro atoms. The molecule has 0 radical (unpaired) electrons. The van der Waals surface area contributed by atoms with Crippen molar-refractivity contribution in [3.63, 3.8) is 0 Å². The molecule has 2 aromatic rings. The van der Waals surface area contributed by atoms with Crippen molar-refractivity contribution in [2.75, 3.05) is 18.1 Å². The first-order valence-corrected chi connectivity index (χ1v) is 12.5. The zero-order chi connectivity index (χ0) is 24.9. The van der Waals surface area contributed by atoms with Crippen LogP contribution in [-0.4, -0.2) is 83.6 Å². The number of H-pyrrole nitrogens is 1. The number of hydrogen-bond acceptors (Lipinski definition) is 9. The molecule has 0 aliphatic carbocycles. The van der Waals surface area contributed by atoms with Gasteiger partial charge in [0.2, 0.25) is 5.16 Å². The Balaban J connectivity index is 1.35. The number of fused-ring (bicyclic) bond motifs is 1. The second-order valence-corrected chi connectivity index (χ2v) is 9.61. The summed E-state index contributed by atoms with van der Waals surface area (Å²) in [6.07, 6.45) is 0.119. The minimum absolute atomic E-state index is 0.0845. The molecule has 1 aromatic heterocycles. The van der Waals surface area contributed by atoms with Crippen LogP contribution < -0.4 is 10.1 Å². The maximum Gasteiger partial charge on any atom is 0.352 e. The van der Waals surface area contributed by atoms with E-state index in [1.807, 2.05) is 6.07 Å². The van der Waals surface area contributed by atoms with Gasteiger partial charge in [-0.2, -0.15) is 0 Å². The van der Waals surface area contributed by atoms with E-state index in [1.54, 1.807) is 24.3 Å². The monoisotopic (exact) mass is 519 g/mol. The van der Waals surface area contributed by atoms with Gasteiger partial charge in [-0.25, -0.2) is 9.78 Å². The highest BCUT2D eigenvalue weighted by Gasteiger charge is 2.54. The van der Waals surface area contributed by atoms with Crippen LogP contribution in [0.2, 0.25) is 0 Å². The molecule has 12 nitrogen and oxygen atoms in total. The average Bonchev–Trinajstić information content (AvgIpc) is 3.31. The topological polar surface area (TPSA) is 175 Å². The van der Waals surface area contributed by atoms with Crippen LogP contribution in [0, 0.1) is 0 Å². The van der Waals surface area contributed by atoms with Crippen molar-refractivity contribution in [2.24, 2.45) is 0 Å². The number of aryl methyl sites for hydroxylation is 1. The van der Waals surface area contributed by atoms with E-state index in [9.17, 15) is 24.3 Å². The number of carboxylic acid groups (broad SMARTS) is 2. The molecular weight excluding hydrogens is 498 g/mol. The summed E-state index contributed by atoms with van der Waals surface area (Å²) in [7, 11) is 0. The summed E-state index contributed by atoms with van der Waals surface area (Å²) in [4.78, 5) is 53.1. The van der Waals surface area contributed by atoms with E-state index in [0.717, 1.165) is 0 Å². The molecule has 3 heterocycles. The molecule has 35 heavy (non-hydrogen) atoms. The molecule has 2 aliphatic heterocycles. The van der Waals surface area contributed by atoms with Crippen molar-refractivity contribution < 1.29 is 34.1 Å². The SMILES string of the molecule is O=C(O)CCc1nc(SCC2=C(C(=O)O)N3C(=O)C(NC(=O)COc4ccccc4)[C@H]3SC2)n[nH]1. The van der Waals surface area contributed by atoms with E-state index in [0.29, 0.717) is 28.1 Å². The molecule has 1 saturated heterocycles. The van der Waals surface area contributed by atoms with Crippen molar-refractivity contribution in [3.05, 3.63) is 47.4 Å². The highest BCUT2D eigenvalue weighted by atomic mass is 32.2. The number of hydrogen-bond donors (Lipinski definition) is 4. The van der Waals surface area contributed by atoms with Gasteiger partial charge in [-0.05, 0) is 17.7 Å². The number of amides is 2. The lowest BCUT2D eigenvalue weighted by Gasteiger charge is -2.49. The summed E-state index contributed by atoms with van der Waals surface area (Å²) in [6.45, 7) is -0.264. The Labute approximate surface area is 207 Å². The second kappa shape index (κ2) is 10.8. The van der Waals surface area contributed by atoms with Crippen LogP contribution in [0.15, 0.2) is 46.8 Å². The molecule has 4 rings (SSSR count). The number of nitrogens with zero attached hydrogens (tertiary/aromatic N) is 3. The first-order valence-electron chi connectivity index (χ1n) is 10.5. The number of nitrogens with one attached hydrogen (secondary N) is 2. The van der Waals surface area contributed by atoms with Crippen molar-refractivity contribution >= 4 is 47.3 Å². The molecule has 2 atom stereocenters. The minimum atomic E-state index is -1.23. The third kappa shape index (κ3) is 5.77. The normalized spacial score (nSPS) is 19.1. The molecule has 184 valence electrons. The molecule has 14 heteroatoms. The number of β-lactam (4-membered cyclic amide) rings is 1. The van der Waals surface area contributed by atoms with Crippen LogP contribution >= 0.6 is 23.5 Å².